The smallest absolute Gasteiger partial charge is 0.0991 e. The van der Waals surface area contributed by atoms with Crippen molar-refractivity contribution < 1.29 is 0 Å². The van der Waals surface area contributed by atoms with E-state index in [0.717, 1.165) is 43.3 Å². The molecule has 0 saturated carbocycles. The molecule has 0 amide bonds. The maximum atomic E-state index is 9.80. The molecule has 0 bridgehead atoms. The first-order valence-electron chi connectivity index (χ1n) is 13.6. The summed E-state index contributed by atoms with van der Waals surface area (Å²) < 4.78 is 4.89. The Morgan fingerprint density at radius 3 is 1.69 bits per heavy atom. The third-order valence-corrected chi connectivity index (χ3v) is 10.4. The number of nitrogens with zero attached hydrogens (tertiary/aromatic N) is 2. The van der Waals surface area contributed by atoms with Crippen molar-refractivity contribution >= 4 is 63.0 Å². The Balaban J connectivity index is 1.47. The molecular weight excluding hydrogens is 549 g/mol. The zero-order valence-corrected chi connectivity index (χ0v) is 23.9. The van der Waals surface area contributed by atoms with Crippen molar-refractivity contribution in [1.82, 2.24) is 0 Å². The Hall–Kier alpha value is -5.26. The number of thiophene rings is 2. The largest absolute Gasteiger partial charge is 0.192 e. The van der Waals surface area contributed by atoms with Crippen LogP contribution in [0.25, 0.3) is 73.7 Å². The van der Waals surface area contributed by atoms with E-state index in [0.29, 0.717) is 11.1 Å². The molecule has 0 aliphatic heterocycles. The molecule has 42 heavy (non-hydrogen) atoms. The summed E-state index contributed by atoms with van der Waals surface area (Å²) in [7, 11) is 0. The lowest BCUT2D eigenvalue weighted by Gasteiger charge is -2.17. The van der Waals surface area contributed by atoms with Gasteiger partial charge in [0.05, 0.1) is 23.3 Å². The molecule has 0 aliphatic rings. The molecule has 2 nitrogen and oxygen atoms in total. The van der Waals surface area contributed by atoms with Gasteiger partial charge in [0.25, 0.3) is 0 Å². The van der Waals surface area contributed by atoms with Gasteiger partial charge in [-0.3, -0.25) is 0 Å². The van der Waals surface area contributed by atoms with Crippen molar-refractivity contribution in [3.05, 3.63) is 132 Å². The van der Waals surface area contributed by atoms with Crippen molar-refractivity contribution in [2.24, 2.45) is 0 Å². The van der Waals surface area contributed by atoms with E-state index in [1.807, 2.05) is 41.7 Å². The van der Waals surface area contributed by atoms with Gasteiger partial charge in [-0.15, -0.1) is 22.7 Å². The number of hydrogen-bond acceptors (Lipinski definition) is 4. The Kier molecular flexibility index (Phi) is 5.66. The van der Waals surface area contributed by atoms with Gasteiger partial charge in [-0.05, 0) is 58.7 Å². The van der Waals surface area contributed by atoms with E-state index in [4.69, 9.17) is 0 Å². The first-order chi connectivity index (χ1) is 20.7. The van der Waals surface area contributed by atoms with Crippen LogP contribution in [0.1, 0.15) is 11.1 Å². The molecule has 6 aromatic carbocycles. The minimum Gasteiger partial charge on any atom is -0.192 e. The molecule has 0 saturated heterocycles. The first kappa shape index (κ1) is 24.5. The summed E-state index contributed by atoms with van der Waals surface area (Å²) in [6.45, 7) is 0. The van der Waals surface area contributed by atoms with Gasteiger partial charge in [0, 0.05) is 51.5 Å². The normalized spacial score (nSPS) is 11.3. The molecule has 8 rings (SSSR count). The average Bonchev–Trinajstić information content (AvgIpc) is 3.62. The van der Waals surface area contributed by atoms with E-state index >= 15 is 0 Å². The van der Waals surface area contributed by atoms with Crippen LogP contribution in [0.15, 0.2) is 121 Å². The molecule has 2 heterocycles. The lowest BCUT2D eigenvalue weighted by Crippen LogP contribution is -1.92. The zero-order chi connectivity index (χ0) is 28.2. The van der Waals surface area contributed by atoms with Crippen LogP contribution >= 0.6 is 22.7 Å². The van der Waals surface area contributed by atoms with Gasteiger partial charge in [-0.2, -0.15) is 10.5 Å². The minimum atomic E-state index is 0.637. The summed E-state index contributed by atoms with van der Waals surface area (Å²) in [5, 5.41) is 24.1. The van der Waals surface area contributed by atoms with E-state index in [1.165, 1.54) is 30.4 Å². The highest BCUT2D eigenvalue weighted by molar-refractivity contribution is 7.26. The fourth-order valence-corrected chi connectivity index (χ4v) is 8.54. The number of rotatable bonds is 3. The van der Waals surface area contributed by atoms with E-state index in [1.54, 1.807) is 11.3 Å². The second-order valence-electron chi connectivity index (χ2n) is 10.3. The summed E-state index contributed by atoms with van der Waals surface area (Å²) >= 11 is 3.59. The van der Waals surface area contributed by atoms with Crippen LogP contribution in [0.4, 0.5) is 0 Å². The molecule has 4 heteroatoms. The van der Waals surface area contributed by atoms with Crippen LogP contribution < -0.4 is 0 Å². The molecule has 2 aromatic heterocycles. The Morgan fingerprint density at radius 1 is 0.429 bits per heavy atom. The third-order valence-electron chi connectivity index (χ3n) is 7.96. The monoisotopic (exact) mass is 568 g/mol. The predicted molar refractivity (Wildman–Crippen MR) is 178 cm³/mol. The third kappa shape index (κ3) is 3.75. The maximum absolute atomic E-state index is 9.80. The summed E-state index contributed by atoms with van der Waals surface area (Å²) in [4.78, 5) is 0. The van der Waals surface area contributed by atoms with E-state index in [2.05, 4.69) is 103 Å². The molecule has 0 fully saturated rings. The van der Waals surface area contributed by atoms with Gasteiger partial charge in [0.2, 0.25) is 0 Å². The van der Waals surface area contributed by atoms with Crippen LogP contribution in [-0.2, 0) is 0 Å². The molecule has 0 unspecified atom stereocenters. The first-order valence-corrected chi connectivity index (χ1v) is 15.3. The van der Waals surface area contributed by atoms with Crippen molar-refractivity contribution in [2.75, 3.05) is 0 Å². The van der Waals surface area contributed by atoms with E-state index in [-0.39, 0.29) is 0 Å². The molecular formula is C38H20N2S2. The van der Waals surface area contributed by atoms with Crippen LogP contribution in [0.3, 0.4) is 0 Å². The summed E-state index contributed by atoms with van der Waals surface area (Å²) in [5.74, 6) is 0. The molecule has 194 valence electrons. The van der Waals surface area contributed by atoms with Crippen molar-refractivity contribution in [2.45, 2.75) is 0 Å². The number of benzene rings is 6. The van der Waals surface area contributed by atoms with E-state index in [9.17, 15) is 10.5 Å². The number of hydrogen-bond donors (Lipinski definition) is 0. The average molecular weight is 569 g/mol. The molecule has 0 spiro atoms. The fourth-order valence-electron chi connectivity index (χ4n) is 6.10. The highest BCUT2D eigenvalue weighted by Gasteiger charge is 2.20. The van der Waals surface area contributed by atoms with Crippen LogP contribution in [0.2, 0.25) is 0 Å². The zero-order valence-electron chi connectivity index (χ0n) is 22.3. The van der Waals surface area contributed by atoms with Gasteiger partial charge in [0.1, 0.15) is 0 Å². The topological polar surface area (TPSA) is 47.6 Å². The number of nitriles is 2. The fraction of sp³-hybridized carbons (Fsp3) is 0. The van der Waals surface area contributed by atoms with Gasteiger partial charge in [-0.1, -0.05) is 84.9 Å². The second-order valence-corrected chi connectivity index (χ2v) is 12.4. The Morgan fingerprint density at radius 2 is 0.976 bits per heavy atom. The maximum Gasteiger partial charge on any atom is 0.0991 e. The van der Waals surface area contributed by atoms with Gasteiger partial charge in [0.15, 0.2) is 0 Å². The van der Waals surface area contributed by atoms with Gasteiger partial charge >= 0.3 is 0 Å². The molecule has 0 radical (unpaired) electrons. The van der Waals surface area contributed by atoms with Crippen LogP contribution in [0, 0.1) is 22.7 Å². The van der Waals surface area contributed by atoms with Crippen LogP contribution in [0.5, 0.6) is 0 Å². The predicted octanol–water partition coefficient (Wildman–Crippen LogP) is 11.2. The molecule has 0 aliphatic carbocycles. The summed E-state index contributed by atoms with van der Waals surface area (Å²) in [6.07, 6.45) is 0. The summed E-state index contributed by atoms with van der Waals surface area (Å²) in [6, 6.07) is 46.7. The lowest BCUT2D eigenvalue weighted by atomic mass is 9.86. The lowest BCUT2D eigenvalue weighted by molar-refractivity contribution is 1.48. The van der Waals surface area contributed by atoms with Crippen molar-refractivity contribution in [3.8, 4) is 45.5 Å². The molecule has 0 atom stereocenters. The standard InChI is InChI=1S/C38H20N2S2/c39-21-23-7-3-8-25(19-23)36-27(30-13-5-12-29-26-9-1-2-16-34(26)41-37(29)30)10-4-11-28(36)31-14-6-15-32-33-20-24(22-40)17-18-35(33)42-38(31)32/h1-20H. The van der Waals surface area contributed by atoms with Crippen molar-refractivity contribution in [3.63, 3.8) is 0 Å². The summed E-state index contributed by atoms with van der Waals surface area (Å²) in [5.41, 5.74) is 8.04. The second kappa shape index (κ2) is 9.68. The Bertz CT molecular complexity index is 2450. The highest BCUT2D eigenvalue weighted by Crippen LogP contribution is 2.48. The van der Waals surface area contributed by atoms with Gasteiger partial charge < -0.3 is 0 Å². The van der Waals surface area contributed by atoms with Crippen LogP contribution in [-0.4, -0.2) is 0 Å². The molecule has 8 aromatic rings. The SMILES string of the molecule is N#Cc1cccc(-c2c(-c3cccc4c3sc3ccccc34)cccc2-c2cccc3c2sc2ccc(C#N)cc23)c1. The molecule has 0 N–H and O–H groups in total. The van der Waals surface area contributed by atoms with Crippen molar-refractivity contribution in [1.29, 1.82) is 10.5 Å². The quantitative estimate of drug-likeness (QED) is 0.213. The minimum absolute atomic E-state index is 0.637. The van der Waals surface area contributed by atoms with Gasteiger partial charge in [-0.25, -0.2) is 0 Å². The number of fused-ring (bicyclic) bond motifs is 6. The van der Waals surface area contributed by atoms with E-state index < -0.39 is 0 Å². The highest BCUT2D eigenvalue weighted by atomic mass is 32.1. The Labute approximate surface area is 250 Å².